The number of aryl methyl sites for hydroxylation is 1. The Bertz CT molecular complexity index is 1590. The fourth-order valence-corrected chi connectivity index (χ4v) is 5.02. The number of hydrogen-bond acceptors (Lipinski definition) is 9. The van der Waals surface area contributed by atoms with Crippen LogP contribution in [-0.4, -0.2) is 50.3 Å². The van der Waals surface area contributed by atoms with Gasteiger partial charge in [0.1, 0.15) is 21.8 Å². The topological polar surface area (TPSA) is 147 Å². The Morgan fingerprint density at radius 2 is 1.92 bits per heavy atom. The van der Waals surface area contributed by atoms with Gasteiger partial charge in [-0.1, -0.05) is 18.1 Å². The van der Waals surface area contributed by atoms with Gasteiger partial charge < -0.3 is 24.1 Å². The van der Waals surface area contributed by atoms with E-state index in [9.17, 15) is 22.0 Å². The number of carbonyl (C=O) groups is 1. The summed E-state index contributed by atoms with van der Waals surface area (Å²) in [5.74, 6) is -0.573. The molecule has 4 rings (SSSR count). The van der Waals surface area contributed by atoms with Crippen molar-refractivity contribution in [3.8, 4) is 11.5 Å². The van der Waals surface area contributed by atoms with Gasteiger partial charge in [0.05, 0.1) is 27.0 Å². The number of sulfonamides is 1. The van der Waals surface area contributed by atoms with Crippen LogP contribution in [0.3, 0.4) is 0 Å². The fourth-order valence-electron chi connectivity index (χ4n) is 3.79. The van der Waals surface area contributed by atoms with E-state index in [0.29, 0.717) is 17.5 Å². The van der Waals surface area contributed by atoms with Crippen molar-refractivity contribution in [1.29, 1.82) is 0 Å². The Hall–Kier alpha value is -4.40. The predicted molar refractivity (Wildman–Crippen MR) is 134 cm³/mol. The molecule has 0 saturated heterocycles. The lowest BCUT2D eigenvalue weighted by molar-refractivity contribution is -0.0488. The number of benzene rings is 2. The number of carbonyl (C=O) groups excluding carboxylic acids is 1. The molecule has 2 N–H and O–H groups in total. The highest BCUT2D eigenvalue weighted by Gasteiger charge is 2.26. The minimum Gasteiger partial charge on any atom is -0.495 e. The van der Waals surface area contributed by atoms with Crippen molar-refractivity contribution in [3.05, 3.63) is 59.4 Å². The van der Waals surface area contributed by atoms with Crippen LogP contribution in [-0.2, 0) is 34.3 Å². The summed E-state index contributed by atoms with van der Waals surface area (Å²) in [7, 11) is -1.68. The highest BCUT2D eigenvalue weighted by molar-refractivity contribution is 7.92. The van der Waals surface area contributed by atoms with Crippen LogP contribution in [0.4, 0.5) is 19.4 Å². The zero-order valence-electron chi connectivity index (χ0n) is 21.1. The molecule has 208 valence electrons. The largest absolute Gasteiger partial charge is 0.495 e. The van der Waals surface area contributed by atoms with Gasteiger partial charge in [-0.25, -0.2) is 13.2 Å². The van der Waals surface area contributed by atoms with Gasteiger partial charge in [-0.2, -0.15) is 13.9 Å². The number of ether oxygens (including phenoxy) is 3. The molecule has 2 aromatic heterocycles. The van der Waals surface area contributed by atoms with Crippen LogP contribution >= 0.6 is 0 Å². The van der Waals surface area contributed by atoms with Crippen LogP contribution < -0.4 is 19.5 Å². The highest BCUT2D eigenvalue weighted by atomic mass is 32.2. The maximum Gasteiger partial charge on any atom is 0.407 e. The molecule has 2 heterocycles. The first-order valence-electron chi connectivity index (χ1n) is 11.5. The molecule has 39 heavy (non-hydrogen) atoms. The number of hydrogen-bond donors (Lipinski definition) is 2. The van der Waals surface area contributed by atoms with E-state index in [2.05, 4.69) is 25.0 Å². The third-order valence-corrected chi connectivity index (χ3v) is 6.98. The summed E-state index contributed by atoms with van der Waals surface area (Å²) < 4.78 is 76.7. The van der Waals surface area contributed by atoms with Gasteiger partial charge in [0.2, 0.25) is 0 Å². The molecular weight excluding hydrogens is 540 g/mol. The van der Waals surface area contributed by atoms with Crippen molar-refractivity contribution in [2.24, 2.45) is 0 Å². The van der Waals surface area contributed by atoms with E-state index in [1.54, 1.807) is 12.3 Å². The van der Waals surface area contributed by atoms with Crippen LogP contribution in [0.2, 0.25) is 0 Å². The van der Waals surface area contributed by atoms with Crippen LogP contribution in [0.15, 0.2) is 52.1 Å². The monoisotopic (exact) mass is 565 g/mol. The second-order valence-electron chi connectivity index (χ2n) is 8.21. The average molecular weight is 566 g/mol. The standard InChI is InChI=1S/C24H25F2N5O7S/c1-4-14-5-6-17(35-2)20(9-14)39(33,34)30-22-21-18(37-23(25)26)7-15(8-19(21)38-29-22)12-31-13-16(11-28-31)10-27-24(32)36-3/h5-9,11,13,23H,4,10,12H2,1-3H3,(H,27,32)(H,29,30). The minimum absolute atomic E-state index is 0.00913. The minimum atomic E-state index is -4.26. The van der Waals surface area contributed by atoms with Gasteiger partial charge in [-0.15, -0.1) is 0 Å². The van der Waals surface area contributed by atoms with E-state index < -0.39 is 22.7 Å². The molecule has 2 aromatic carbocycles. The van der Waals surface area contributed by atoms with Crippen molar-refractivity contribution in [3.63, 3.8) is 0 Å². The number of nitrogens with one attached hydrogen (secondary N) is 2. The number of aromatic nitrogens is 3. The summed E-state index contributed by atoms with van der Waals surface area (Å²) in [6.45, 7) is -1.05. The Labute approximate surface area is 221 Å². The van der Waals surface area contributed by atoms with E-state index in [0.717, 1.165) is 5.56 Å². The molecule has 0 fully saturated rings. The number of methoxy groups -OCH3 is 2. The molecule has 0 saturated carbocycles. The molecular formula is C24H25F2N5O7S. The first-order valence-corrected chi connectivity index (χ1v) is 13.0. The second-order valence-corrected chi connectivity index (χ2v) is 9.86. The number of halogens is 2. The Morgan fingerprint density at radius 3 is 2.62 bits per heavy atom. The smallest absolute Gasteiger partial charge is 0.407 e. The quantitative estimate of drug-likeness (QED) is 0.276. The van der Waals surface area contributed by atoms with Crippen LogP contribution in [0.1, 0.15) is 23.6 Å². The zero-order valence-corrected chi connectivity index (χ0v) is 21.9. The fraction of sp³-hybridized carbons (Fsp3) is 0.292. The summed E-state index contributed by atoms with van der Waals surface area (Å²) in [5.41, 5.74) is 1.88. The number of nitrogens with zero attached hydrogens (tertiary/aromatic N) is 3. The SMILES string of the molecule is CCc1ccc(OC)c(S(=O)(=O)Nc2noc3cc(Cn4cc(CNC(=O)OC)cn4)cc(OC(F)F)c23)c1. The molecule has 4 aromatic rings. The Balaban J connectivity index is 1.65. The first kappa shape index (κ1) is 27.6. The molecule has 1 amide bonds. The molecule has 0 bridgehead atoms. The molecule has 12 nitrogen and oxygen atoms in total. The Morgan fingerprint density at radius 1 is 1.13 bits per heavy atom. The summed E-state index contributed by atoms with van der Waals surface area (Å²) in [4.78, 5) is 11.1. The van der Waals surface area contributed by atoms with E-state index in [1.807, 2.05) is 6.92 Å². The van der Waals surface area contributed by atoms with E-state index in [-0.39, 0.29) is 46.3 Å². The predicted octanol–water partition coefficient (Wildman–Crippen LogP) is 3.90. The molecule has 0 radical (unpaired) electrons. The lowest BCUT2D eigenvalue weighted by atomic mass is 10.1. The maximum absolute atomic E-state index is 13.3. The normalized spacial score (nSPS) is 11.5. The molecule has 0 atom stereocenters. The van der Waals surface area contributed by atoms with Crippen molar-refractivity contribution in [2.45, 2.75) is 37.9 Å². The number of alkyl carbamates (subject to hydrolysis) is 1. The van der Waals surface area contributed by atoms with Crippen LogP contribution in [0, 0.1) is 0 Å². The third-order valence-electron chi connectivity index (χ3n) is 5.62. The van der Waals surface area contributed by atoms with Crippen LogP contribution in [0.25, 0.3) is 11.0 Å². The molecule has 0 aliphatic rings. The molecule has 0 unspecified atom stereocenters. The van der Waals surface area contributed by atoms with Crippen LogP contribution in [0.5, 0.6) is 11.5 Å². The van der Waals surface area contributed by atoms with Crippen molar-refractivity contribution < 1.29 is 40.7 Å². The number of anilines is 1. The maximum atomic E-state index is 13.3. The third kappa shape index (κ3) is 6.37. The number of rotatable bonds is 11. The van der Waals surface area contributed by atoms with Gasteiger partial charge in [0.25, 0.3) is 10.0 Å². The molecule has 0 aliphatic heterocycles. The number of fused-ring (bicyclic) bond motifs is 1. The number of alkyl halides is 2. The van der Waals surface area contributed by atoms with E-state index in [4.69, 9.17) is 14.0 Å². The van der Waals surface area contributed by atoms with Gasteiger partial charge in [0.15, 0.2) is 11.4 Å². The molecule has 15 heteroatoms. The summed E-state index contributed by atoms with van der Waals surface area (Å²) in [6.07, 6.45) is 3.14. The lowest BCUT2D eigenvalue weighted by Gasteiger charge is -2.13. The van der Waals surface area contributed by atoms with E-state index in [1.165, 1.54) is 49.4 Å². The second kappa shape index (κ2) is 11.6. The van der Waals surface area contributed by atoms with E-state index >= 15 is 0 Å². The van der Waals surface area contributed by atoms with Gasteiger partial charge in [-0.3, -0.25) is 9.40 Å². The average Bonchev–Trinajstić information content (AvgIpc) is 3.52. The lowest BCUT2D eigenvalue weighted by Crippen LogP contribution is -2.21. The first-order chi connectivity index (χ1) is 18.6. The zero-order chi connectivity index (χ0) is 28.2. The van der Waals surface area contributed by atoms with Crippen molar-refractivity contribution in [2.75, 3.05) is 18.9 Å². The summed E-state index contributed by atoms with van der Waals surface area (Å²) in [5, 5.41) is 10.4. The summed E-state index contributed by atoms with van der Waals surface area (Å²) >= 11 is 0. The molecule has 0 spiro atoms. The van der Waals surface area contributed by atoms with Gasteiger partial charge in [-0.05, 0) is 41.8 Å². The van der Waals surface area contributed by atoms with Gasteiger partial charge in [0, 0.05) is 18.3 Å². The molecule has 0 aliphatic carbocycles. The Kier molecular flexibility index (Phi) is 8.18. The number of amides is 1. The van der Waals surface area contributed by atoms with Crippen molar-refractivity contribution in [1.82, 2.24) is 20.3 Å². The summed E-state index contributed by atoms with van der Waals surface area (Å²) in [6, 6.07) is 7.54. The van der Waals surface area contributed by atoms with Gasteiger partial charge >= 0.3 is 12.7 Å². The highest BCUT2D eigenvalue weighted by Crippen LogP contribution is 2.37. The van der Waals surface area contributed by atoms with Crippen molar-refractivity contribution >= 4 is 32.9 Å².